The molecule has 2 aliphatic rings. The molecule has 17 heavy (non-hydrogen) atoms. The number of ether oxygens (including phenoxy) is 1. The minimum Gasteiger partial charge on any atom is -0.364 e. The average molecular weight is 256 g/mol. The van der Waals surface area contributed by atoms with Gasteiger partial charge in [0.25, 0.3) is 0 Å². The fraction of sp³-hybridized carbons (Fsp3) is 0.538. The van der Waals surface area contributed by atoms with Crippen LogP contribution in [-0.4, -0.2) is 23.8 Å². The van der Waals surface area contributed by atoms with E-state index in [0.29, 0.717) is 0 Å². The minimum absolute atomic E-state index is 0. The number of nitrogens with one attached hydrogen (secondary N) is 1. The number of rotatable bonds is 0. The van der Waals surface area contributed by atoms with E-state index in [-0.39, 0.29) is 18.0 Å². The van der Waals surface area contributed by atoms with E-state index in [1.54, 1.807) is 0 Å². The third-order valence-electron chi connectivity index (χ3n) is 3.71. The van der Waals surface area contributed by atoms with E-state index in [2.05, 4.69) is 11.4 Å². The number of piperidine rings is 1. The maximum atomic E-state index is 10.0. The monoisotopic (exact) mass is 255 g/mol. The Morgan fingerprint density at radius 1 is 1.24 bits per heavy atom. The second kappa shape index (κ2) is 4.94. The van der Waals surface area contributed by atoms with Gasteiger partial charge in [0, 0.05) is 12.0 Å². The Kier molecular flexibility index (Phi) is 3.73. The maximum absolute atomic E-state index is 10.0. The molecular formula is C13H18ClNO2. The molecule has 1 aromatic rings. The van der Waals surface area contributed by atoms with E-state index in [4.69, 9.17) is 4.74 Å². The number of hydrogen-bond donors (Lipinski definition) is 2. The van der Waals surface area contributed by atoms with E-state index in [9.17, 15) is 5.11 Å². The molecule has 2 aliphatic heterocycles. The Labute approximate surface area is 108 Å². The van der Waals surface area contributed by atoms with Crippen LogP contribution in [-0.2, 0) is 11.2 Å². The Hall–Kier alpha value is -0.610. The second-order valence-electron chi connectivity index (χ2n) is 4.78. The first-order valence-electron chi connectivity index (χ1n) is 5.94. The molecule has 94 valence electrons. The summed E-state index contributed by atoms with van der Waals surface area (Å²) in [6.45, 7) is 1.96. The molecule has 3 nitrogen and oxygen atoms in total. The smallest absolute Gasteiger partial charge is 0.182 e. The van der Waals surface area contributed by atoms with Gasteiger partial charge in [-0.3, -0.25) is 0 Å². The molecule has 4 heteroatoms. The molecule has 0 aliphatic carbocycles. The zero-order valence-corrected chi connectivity index (χ0v) is 10.5. The first-order chi connectivity index (χ1) is 7.79. The third-order valence-corrected chi connectivity index (χ3v) is 3.71. The van der Waals surface area contributed by atoms with Gasteiger partial charge in [0.2, 0.25) is 0 Å². The molecule has 0 saturated carbocycles. The van der Waals surface area contributed by atoms with Crippen LogP contribution in [0.3, 0.4) is 0 Å². The average Bonchev–Trinajstić information content (AvgIpc) is 2.30. The van der Waals surface area contributed by atoms with Crippen molar-refractivity contribution in [1.29, 1.82) is 0 Å². The highest BCUT2D eigenvalue weighted by Crippen LogP contribution is 2.39. The molecule has 2 heterocycles. The van der Waals surface area contributed by atoms with Gasteiger partial charge in [0.05, 0.1) is 5.60 Å². The van der Waals surface area contributed by atoms with Crippen molar-refractivity contribution >= 4 is 12.4 Å². The lowest BCUT2D eigenvalue weighted by Gasteiger charge is -2.43. The summed E-state index contributed by atoms with van der Waals surface area (Å²) in [5, 5.41) is 13.4. The SMILES string of the molecule is Cl.OC1OC2(CCNCC2)Cc2ccccc21. The van der Waals surface area contributed by atoms with Crippen molar-refractivity contribution in [3.63, 3.8) is 0 Å². The Morgan fingerprint density at radius 3 is 2.71 bits per heavy atom. The topological polar surface area (TPSA) is 41.5 Å². The van der Waals surface area contributed by atoms with E-state index in [0.717, 1.165) is 37.9 Å². The number of fused-ring (bicyclic) bond motifs is 1. The van der Waals surface area contributed by atoms with Gasteiger partial charge in [0.15, 0.2) is 6.29 Å². The molecule has 1 spiro atoms. The molecule has 1 saturated heterocycles. The van der Waals surface area contributed by atoms with Crippen LogP contribution in [0, 0.1) is 0 Å². The van der Waals surface area contributed by atoms with Crippen molar-refractivity contribution in [2.75, 3.05) is 13.1 Å². The van der Waals surface area contributed by atoms with E-state index < -0.39 is 6.29 Å². The van der Waals surface area contributed by atoms with Gasteiger partial charge in [-0.05, 0) is 31.5 Å². The summed E-state index contributed by atoms with van der Waals surface area (Å²) in [7, 11) is 0. The van der Waals surface area contributed by atoms with E-state index in [1.165, 1.54) is 5.56 Å². The van der Waals surface area contributed by atoms with Gasteiger partial charge in [-0.1, -0.05) is 24.3 Å². The quantitative estimate of drug-likeness (QED) is 0.743. The third kappa shape index (κ3) is 2.33. The summed E-state index contributed by atoms with van der Waals surface area (Å²) in [6.07, 6.45) is 2.15. The summed E-state index contributed by atoms with van der Waals surface area (Å²) in [6, 6.07) is 8.04. The highest BCUT2D eigenvalue weighted by Gasteiger charge is 2.40. The summed E-state index contributed by atoms with van der Waals surface area (Å²) in [5.74, 6) is 0. The van der Waals surface area contributed by atoms with Crippen molar-refractivity contribution in [2.24, 2.45) is 0 Å². The normalized spacial score (nSPS) is 26.1. The number of aliphatic hydroxyl groups excluding tert-OH is 1. The lowest BCUT2D eigenvalue weighted by atomic mass is 9.82. The zero-order valence-electron chi connectivity index (χ0n) is 9.69. The van der Waals surface area contributed by atoms with Crippen LogP contribution in [0.1, 0.15) is 30.3 Å². The summed E-state index contributed by atoms with van der Waals surface area (Å²) in [5.41, 5.74) is 2.04. The Morgan fingerprint density at radius 2 is 1.94 bits per heavy atom. The largest absolute Gasteiger partial charge is 0.364 e. The maximum Gasteiger partial charge on any atom is 0.182 e. The molecule has 1 unspecified atom stereocenters. The minimum atomic E-state index is -0.747. The number of benzene rings is 1. The van der Waals surface area contributed by atoms with Crippen molar-refractivity contribution in [3.05, 3.63) is 35.4 Å². The summed E-state index contributed by atoms with van der Waals surface area (Å²) >= 11 is 0. The predicted octanol–water partition coefficient (Wildman–Crippen LogP) is 1.79. The first-order valence-corrected chi connectivity index (χ1v) is 5.94. The van der Waals surface area contributed by atoms with Crippen molar-refractivity contribution in [3.8, 4) is 0 Å². The molecule has 1 atom stereocenters. The summed E-state index contributed by atoms with van der Waals surface area (Å²) in [4.78, 5) is 0. The molecule has 0 amide bonds. The van der Waals surface area contributed by atoms with Gasteiger partial charge in [-0.15, -0.1) is 12.4 Å². The van der Waals surface area contributed by atoms with Crippen LogP contribution in [0.4, 0.5) is 0 Å². The predicted molar refractivity (Wildman–Crippen MR) is 68.3 cm³/mol. The molecule has 2 N–H and O–H groups in total. The highest BCUT2D eigenvalue weighted by molar-refractivity contribution is 5.85. The van der Waals surface area contributed by atoms with E-state index >= 15 is 0 Å². The molecule has 0 bridgehead atoms. The summed E-state index contributed by atoms with van der Waals surface area (Å²) < 4.78 is 5.86. The molecule has 1 aromatic carbocycles. The second-order valence-corrected chi connectivity index (χ2v) is 4.78. The fourth-order valence-corrected chi connectivity index (χ4v) is 2.80. The highest BCUT2D eigenvalue weighted by atomic mass is 35.5. The fourth-order valence-electron chi connectivity index (χ4n) is 2.80. The number of hydrogen-bond acceptors (Lipinski definition) is 3. The van der Waals surface area contributed by atoms with Crippen molar-refractivity contribution in [2.45, 2.75) is 31.2 Å². The Balaban J connectivity index is 0.00000108. The number of aliphatic hydroxyl groups is 1. The standard InChI is InChI=1S/C13H17NO2.ClH/c15-12-11-4-2-1-3-10(11)9-13(16-12)5-7-14-8-6-13;/h1-4,12,14-15H,5-9H2;1H. The first kappa shape index (κ1) is 12.8. The van der Waals surface area contributed by atoms with Crippen molar-refractivity contribution in [1.82, 2.24) is 5.32 Å². The van der Waals surface area contributed by atoms with Gasteiger partial charge >= 0.3 is 0 Å². The van der Waals surface area contributed by atoms with Crippen LogP contribution in [0.5, 0.6) is 0 Å². The van der Waals surface area contributed by atoms with Gasteiger partial charge in [-0.25, -0.2) is 0 Å². The zero-order chi connectivity index (χ0) is 11.0. The molecule has 0 aromatic heterocycles. The lowest BCUT2D eigenvalue weighted by molar-refractivity contribution is -0.208. The van der Waals surface area contributed by atoms with Gasteiger partial charge in [-0.2, -0.15) is 0 Å². The van der Waals surface area contributed by atoms with Crippen LogP contribution >= 0.6 is 12.4 Å². The van der Waals surface area contributed by atoms with E-state index in [1.807, 2.05) is 18.2 Å². The van der Waals surface area contributed by atoms with Crippen LogP contribution < -0.4 is 5.32 Å². The molecule has 3 rings (SSSR count). The van der Waals surface area contributed by atoms with Crippen LogP contribution in [0.25, 0.3) is 0 Å². The lowest BCUT2D eigenvalue weighted by Crippen LogP contribution is -2.48. The molecule has 0 radical (unpaired) electrons. The van der Waals surface area contributed by atoms with Crippen LogP contribution in [0.15, 0.2) is 24.3 Å². The molecule has 1 fully saturated rings. The number of halogens is 1. The van der Waals surface area contributed by atoms with Gasteiger partial charge < -0.3 is 15.2 Å². The van der Waals surface area contributed by atoms with Crippen molar-refractivity contribution < 1.29 is 9.84 Å². The van der Waals surface area contributed by atoms with Crippen LogP contribution in [0.2, 0.25) is 0 Å². The van der Waals surface area contributed by atoms with Gasteiger partial charge in [0.1, 0.15) is 0 Å². The molecular weight excluding hydrogens is 238 g/mol. The Bertz CT molecular complexity index is 391.